The van der Waals surface area contributed by atoms with Crippen molar-refractivity contribution in [3.05, 3.63) is 34.6 Å². The minimum Gasteiger partial charge on any atom is -0.467 e. The standard InChI is InChI=1S/C14H15ClFN5O4S/c1-8-17-12(20-14(18-8)25-2)19-13(22)21-26(23,24)11-9(6-7-16)4-3-5-10(11)15/h3-5H,6-7H2,1-2H3,(H2,17,18,19,20,21,22). The van der Waals surface area contributed by atoms with Crippen molar-refractivity contribution in [3.63, 3.8) is 0 Å². The molecule has 0 spiro atoms. The van der Waals surface area contributed by atoms with Gasteiger partial charge in [0.1, 0.15) is 10.7 Å². The molecular weight excluding hydrogens is 389 g/mol. The Hall–Kier alpha value is -2.53. The summed E-state index contributed by atoms with van der Waals surface area (Å²) < 4.78 is 44.3. The van der Waals surface area contributed by atoms with Crippen LogP contribution in [-0.2, 0) is 16.4 Å². The molecule has 2 N–H and O–H groups in total. The molecular formula is C14H15ClFN5O4S. The summed E-state index contributed by atoms with van der Waals surface area (Å²) in [6, 6.07) is 3.07. The fourth-order valence-electron chi connectivity index (χ4n) is 2.06. The summed E-state index contributed by atoms with van der Waals surface area (Å²) in [5.41, 5.74) is 0.151. The first-order chi connectivity index (χ1) is 12.3. The third kappa shape index (κ3) is 4.76. The summed E-state index contributed by atoms with van der Waals surface area (Å²) in [5, 5.41) is 2.04. The molecule has 12 heteroatoms. The number of alkyl halides is 1. The first-order valence-electron chi connectivity index (χ1n) is 7.20. The number of anilines is 1. The number of rotatable bonds is 6. The Kier molecular flexibility index (Phi) is 6.27. The van der Waals surface area contributed by atoms with Crippen LogP contribution in [0.15, 0.2) is 23.1 Å². The monoisotopic (exact) mass is 403 g/mol. The van der Waals surface area contributed by atoms with Crippen molar-refractivity contribution in [2.75, 3.05) is 19.1 Å². The van der Waals surface area contributed by atoms with E-state index in [1.54, 1.807) is 4.72 Å². The molecule has 0 saturated carbocycles. The van der Waals surface area contributed by atoms with Crippen molar-refractivity contribution in [3.8, 4) is 6.01 Å². The quantitative estimate of drug-likeness (QED) is 0.754. The fourth-order valence-corrected chi connectivity index (χ4v) is 3.79. The predicted octanol–water partition coefficient (Wildman–Crippen LogP) is 1.86. The third-order valence-corrected chi connectivity index (χ3v) is 4.94. The van der Waals surface area contributed by atoms with Gasteiger partial charge in [0.2, 0.25) is 5.95 Å². The molecule has 0 radical (unpaired) electrons. The zero-order chi connectivity index (χ0) is 19.3. The molecule has 0 atom stereocenters. The molecule has 1 aromatic carbocycles. The number of benzene rings is 1. The summed E-state index contributed by atoms with van der Waals surface area (Å²) in [6.45, 7) is 0.760. The SMILES string of the molecule is COc1nc(C)nc(NC(=O)NS(=O)(=O)c2c(Cl)cccc2CCF)n1. The second kappa shape index (κ2) is 8.23. The molecule has 1 aromatic heterocycles. The molecule has 0 saturated heterocycles. The van der Waals surface area contributed by atoms with E-state index in [2.05, 4.69) is 20.3 Å². The van der Waals surface area contributed by atoms with E-state index in [9.17, 15) is 17.6 Å². The first kappa shape index (κ1) is 19.8. The van der Waals surface area contributed by atoms with Crippen LogP contribution in [0, 0.1) is 6.92 Å². The smallest absolute Gasteiger partial charge is 0.335 e. The van der Waals surface area contributed by atoms with Crippen LogP contribution in [0.5, 0.6) is 6.01 Å². The molecule has 0 unspecified atom stereocenters. The Balaban J connectivity index is 2.25. The Bertz CT molecular complexity index is 926. The lowest BCUT2D eigenvalue weighted by atomic mass is 10.2. The van der Waals surface area contributed by atoms with E-state index in [4.69, 9.17) is 16.3 Å². The van der Waals surface area contributed by atoms with Crippen molar-refractivity contribution in [2.45, 2.75) is 18.2 Å². The van der Waals surface area contributed by atoms with Gasteiger partial charge in [0.25, 0.3) is 10.0 Å². The molecule has 1 heterocycles. The Labute approximate surface area is 154 Å². The number of urea groups is 1. The topological polar surface area (TPSA) is 123 Å². The molecule has 0 fully saturated rings. The molecule has 140 valence electrons. The number of aromatic nitrogens is 3. The van der Waals surface area contributed by atoms with Crippen LogP contribution >= 0.6 is 11.6 Å². The van der Waals surface area contributed by atoms with Crippen molar-refractivity contribution < 1.29 is 22.3 Å². The lowest BCUT2D eigenvalue weighted by Gasteiger charge is -2.12. The number of carbonyl (C=O) groups is 1. The predicted molar refractivity (Wildman–Crippen MR) is 91.6 cm³/mol. The number of amides is 2. The van der Waals surface area contributed by atoms with E-state index >= 15 is 0 Å². The van der Waals surface area contributed by atoms with E-state index in [-0.39, 0.29) is 39.7 Å². The molecule has 26 heavy (non-hydrogen) atoms. The summed E-state index contributed by atoms with van der Waals surface area (Å²) in [4.78, 5) is 23.1. The molecule has 9 nitrogen and oxygen atoms in total. The molecule has 2 aromatic rings. The number of ether oxygens (including phenoxy) is 1. The van der Waals surface area contributed by atoms with Gasteiger partial charge >= 0.3 is 12.0 Å². The van der Waals surface area contributed by atoms with Crippen LogP contribution < -0.4 is 14.8 Å². The van der Waals surface area contributed by atoms with Gasteiger partial charge in [0, 0.05) is 6.42 Å². The van der Waals surface area contributed by atoms with E-state index in [0.717, 1.165) is 0 Å². The maximum atomic E-state index is 12.7. The van der Waals surface area contributed by atoms with E-state index < -0.39 is 22.7 Å². The van der Waals surface area contributed by atoms with Gasteiger partial charge in [-0.15, -0.1) is 0 Å². The largest absolute Gasteiger partial charge is 0.467 e. The molecule has 2 amide bonds. The highest BCUT2D eigenvalue weighted by Gasteiger charge is 2.24. The highest BCUT2D eigenvalue weighted by Crippen LogP contribution is 2.25. The van der Waals surface area contributed by atoms with E-state index in [1.807, 2.05) is 0 Å². The first-order valence-corrected chi connectivity index (χ1v) is 9.06. The number of aryl methyl sites for hydroxylation is 2. The van der Waals surface area contributed by atoms with Gasteiger partial charge in [0.05, 0.1) is 18.8 Å². The Morgan fingerprint density at radius 2 is 2.04 bits per heavy atom. The number of nitrogens with zero attached hydrogens (tertiary/aromatic N) is 3. The van der Waals surface area contributed by atoms with E-state index in [0.29, 0.717) is 0 Å². The van der Waals surface area contributed by atoms with Gasteiger partial charge in [-0.1, -0.05) is 23.7 Å². The number of sulfonamides is 1. The number of halogens is 2. The van der Waals surface area contributed by atoms with Gasteiger partial charge < -0.3 is 4.74 Å². The van der Waals surface area contributed by atoms with Crippen LogP contribution in [0.2, 0.25) is 5.02 Å². The van der Waals surface area contributed by atoms with Crippen molar-refractivity contribution >= 4 is 33.6 Å². The van der Waals surface area contributed by atoms with Crippen molar-refractivity contribution in [1.29, 1.82) is 0 Å². The zero-order valence-electron chi connectivity index (χ0n) is 13.8. The minimum absolute atomic E-state index is 0.0491. The average molecular weight is 404 g/mol. The summed E-state index contributed by atoms with van der Waals surface area (Å²) in [5.74, 6) is 0.0523. The second-order valence-electron chi connectivity index (χ2n) is 4.92. The third-order valence-electron chi connectivity index (χ3n) is 3.04. The van der Waals surface area contributed by atoms with Gasteiger partial charge in [0.15, 0.2) is 0 Å². The average Bonchev–Trinajstić information content (AvgIpc) is 2.53. The molecule has 0 aliphatic rings. The highest BCUT2D eigenvalue weighted by atomic mass is 35.5. The van der Waals surface area contributed by atoms with Gasteiger partial charge in [-0.3, -0.25) is 9.71 Å². The van der Waals surface area contributed by atoms with Crippen LogP contribution in [0.1, 0.15) is 11.4 Å². The van der Waals surface area contributed by atoms with Gasteiger partial charge in [-0.05, 0) is 18.6 Å². The highest BCUT2D eigenvalue weighted by molar-refractivity contribution is 7.90. The Morgan fingerprint density at radius 3 is 2.69 bits per heavy atom. The summed E-state index contributed by atoms with van der Waals surface area (Å²) in [7, 11) is -3.03. The van der Waals surface area contributed by atoms with Crippen molar-refractivity contribution in [1.82, 2.24) is 19.7 Å². The molecule has 0 aliphatic heterocycles. The summed E-state index contributed by atoms with van der Waals surface area (Å²) in [6.07, 6.45) is -0.164. The number of nitrogens with one attached hydrogen (secondary N) is 2. The number of methoxy groups -OCH3 is 1. The molecule has 2 rings (SSSR count). The number of hydrogen-bond donors (Lipinski definition) is 2. The summed E-state index contributed by atoms with van der Waals surface area (Å²) >= 11 is 5.93. The lowest BCUT2D eigenvalue weighted by Crippen LogP contribution is -2.35. The zero-order valence-corrected chi connectivity index (χ0v) is 15.4. The lowest BCUT2D eigenvalue weighted by molar-refractivity contribution is 0.256. The van der Waals surface area contributed by atoms with E-state index in [1.165, 1.54) is 32.2 Å². The number of carbonyl (C=O) groups excluding carboxylic acids is 1. The molecule has 0 aliphatic carbocycles. The Morgan fingerprint density at radius 1 is 1.31 bits per heavy atom. The minimum atomic E-state index is -4.35. The fraction of sp³-hybridized carbons (Fsp3) is 0.286. The van der Waals surface area contributed by atoms with Gasteiger partial charge in [-0.2, -0.15) is 15.0 Å². The van der Waals surface area contributed by atoms with Gasteiger partial charge in [-0.25, -0.2) is 17.9 Å². The second-order valence-corrected chi connectivity index (χ2v) is 6.95. The van der Waals surface area contributed by atoms with Crippen molar-refractivity contribution in [2.24, 2.45) is 0 Å². The number of hydrogen-bond acceptors (Lipinski definition) is 7. The maximum Gasteiger partial charge on any atom is 0.335 e. The van der Waals surface area contributed by atoms with Crippen LogP contribution in [0.4, 0.5) is 15.1 Å². The normalized spacial score (nSPS) is 11.1. The van der Waals surface area contributed by atoms with Crippen LogP contribution in [-0.4, -0.2) is 43.2 Å². The molecule has 0 bridgehead atoms. The van der Waals surface area contributed by atoms with Crippen LogP contribution in [0.3, 0.4) is 0 Å². The maximum absolute atomic E-state index is 12.7. The van der Waals surface area contributed by atoms with Crippen LogP contribution in [0.25, 0.3) is 0 Å².